The molecule has 1 rings (SSSR count). The second kappa shape index (κ2) is 5.40. The Kier molecular flexibility index (Phi) is 4.43. The molecule has 0 fully saturated rings. The predicted molar refractivity (Wildman–Crippen MR) is 64.7 cm³/mol. The first-order valence-electron chi connectivity index (χ1n) is 4.51. The van der Waals surface area contributed by atoms with Crippen LogP contribution in [0.15, 0.2) is 34.4 Å². The van der Waals surface area contributed by atoms with E-state index in [2.05, 4.69) is 21.2 Å². The van der Waals surface area contributed by atoms with Gasteiger partial charge in [0.1, 0.15) is 0 Å². The molecule has 16 heavy (non-hydrogen) atoms. The molecule has 1 aromatic rings. The lowest BCUT2D eigenvalue weighted by atomic mass is 10.2. The van der Waals surface area contributed by atoms with Crippen LogP contribution in [0.4, 0.5) is 0 Å². The van der Waals surface area contributed by atoms with Gasteiger partial charge in [0.2, 0.25) is 0 Å². The second-order valence-corrected chi connectivity index (χ2v) is 5.77. The van der Waals surface area contributed by atoms with Crippen molar-refractivity contribution in [2.24, 2.45) is 5.29 Å². The number of rotatable bonds is 5. The summed E-state index contributed by atoms with van der Waals surface area (Å²) in [6.45, 7) is 1.87. The van der Waals surface area contributed by atoms with Crippen LogP contribution in [0, 0.1) is 11.8 Å². The van der Waals surface area contributed by atoms with E-state index in [-0.39, 0.29) is 11.4 Å². The van der Waals surface area contributed by atoms with Crippen LogP contribution in [0.3, 0.4) is 0 Å². The molecule has 7 heteroatoms. The number of nitrogens with zero attached hydrogens (tertiary/aromatic N) is 2. The maximum absolute atomic E-state index is 11.9. The highest BCUT2D eigenvalue weighted by Crippen LogP contribution is 2.16. The van der Waals surface area contributed by atoms with Crippen LogP contribution in [-0.4, -0.2) is 24.7 Å². The smallest absolute Gasteiger partial charge is 0.200 e. The maximum Gasteiger partial charge on any atom is 0.281 e. The third-order valence-corrected chi connectivity index (χ3v) is 3.99. The number of hydrogen-bond donors (Lipinski definition) is 0. The van der Waals surface area contributed by atoms with Crippen LogP contribution >= 0.6 is 15.9 Å². The molecule has 0 atom stereocenters. The van der Waals surface area contributed by atoms with Gasteiger partial charge in [-0.05, 0) is 19.1 Å². The van der Waals surface area contributed by atoms with Crippen LogP contribution in [0.5, 0.6) is 0 Å². The standard InChI is InChI=1S/C9H11BrN2O3S/c1-8-2-4-9(5-3-8)16(14,15)12(11-13)7-6-10/h2-5H,6-7H2,1H3. The Hall–Kier alpha value is -0.950. The van der Waals surface area contributed by atoms with Crippen molar-refractivity contribution in [1.82, 2.24) is 4.41 Å². The van der Waals surface area contributed by atoms with Crippen molar-refractivity contribution in [3.63, 3.8) is 0 Å². The average molecular weight is 307 g/mol. The molecule has 5 nitrogen and oxygen atoms in total. The average Bonchev–Trinajstić information content (AvgIpc) is 2.26. The van der Waals surface area contributed by atoms with Gasteiger partial charge in [0, 0.05) is 5.33 Å². The van der Waals surface area contributed by atoms with Gasteiger partial charge in [0.25, 0.3) is 10.0 Å². The minimum Gasteiger partial charge on any atom is -0.200 e. The van der Waals surface area contributed by atoms with Gasteiger partial charge in [0.15, 0.2) is 0 Å². The van der Waals surface area contributed by atoms with Gasteiger partial charge < -0.3 is 0 Å². The summed E-state index contributed by atoms with van der Waals surface area (Å²) < 4.78 is 24.3. The highest BCUT2D eigenvalue weighted by Gasteiger charge is 2.23. The van der Waals surface area contributed by atoms with Gasteiger partial charge in [-0.25, -0.2) is 0 Å². The van der Waals surface area contributed by atoms with Gasteiger partial charge in [-0.2, -0.15) is 8.42 Å². The van der Waals surface area contributed by atoms with Gasteiger partial charge in [-0.15, -0.1) is 9.32 Å². The van der Waals surface area contributed by atoms with Gasteiger partial charge >= 0.3 is 0 Å². The zero-order chi connectivity index (χ0) is 12.2. The van der Waals surface area contributed by atoms with Crippen molar-refractivity contribution >= 4 is 26.0 Å². The maximum atomic E-state index is 11.9. The SMILES string of the molecule is Cc1ccc(S(=O)(=O)N(CCBr)N=O)cc1. The Morgan fingerprint density at radius 3 is 2.31 bits per heavy atom. The summed E-state index contributed by atoms with van der Waals surface area (Å²) in [5, 5.41) is 2.86. The molecule has 0 radical (unpaired) electrons. The Bertz CT molecular complexity index is 458. The number of nitroso groups, excluding NO2 is 1. The van der Waals surface area contributed by atoms with E-state index in [1.165, 1.54) is 12.1 Å². The summed E-state index contributed by atoms with van der Waals surface area (Å²) in [6, 6.07) is 6.25. The fraction of sp³-hybridized carbons (Fsp3) is 0.333. The summed E-state index contributed by atoms with van der Waals surface area (Å²) in [5.74, 6) is 0. The Morgan fingerprint density at radius 2 is 1.88 bits per heavy atom. The third-order valence-electron chi connectivity index (χ3n) is 1.96. The molecule has 0 aromatic heterocycles. The van der Waals surface area contributed by atoms with E-state index in [1.807, 2.05) is 6.92 Å². The molecule has 1 aromatic carbocycles. The van der Waals surface area contributed by atoms with Crippen LogP contribution in [-0.2, 0) is 10.0 Å². The molecule has 0 bridgehead atoms. The molecule has 88 valence electrons. The van der Waals surface area contributed by atoms with E-state index < -0.39 is 10.0 Å². The lowest BCUT2D eigenvalue weighted by Crippen LogP contribution is -2.27. The van der Waals surface area contributed by atoms with Gasteiger partial charge in [-0.3, -0.25) is 0 Å². The summed E-state index contributed by atoms with van der Waals surface area (Å²) in [4.78, 5) is 10.5. The van der Waals surface area contributed by atoms with Gasteiger partial charge in [0.05, 0.1) is 16.7 Å². The highest BCUT2D eigenvalue weighted by molar-refractivity contribution is 9.09. The molecular formula is C9H11BrN2O3S. The van der Waals surface area contributed by atoms with Gasteiger partial charge in [-0.1, -0.05) is 33.6 Å². The van der Waals surface area contributed by atoms with Crippen molar-refractivity contribution in [2.45, 2.75) is 11.8 Å². The van der Waals surface area contributed by atoms with Crippen LogP contribution in [0.1, 0.15) is 5.56 Å². The zero-order valence-corrected chi connectivity index (χ0v) is 11.0. The lowest BCUT2D eigenvalue weighted by Gasteiger charge is -2.14. The van der Waals surface area contributed by atoms with Crippen molar-refractivity contribution in [1.29, 1.82) is 0 Å². The number of aryl methyl sites for hydroxylation is 1. The van der Waals surface area contributed by atoms with E-state index >= 15 is 0 Å². The number of alkyl halides is 1. The molecule has 0 N–H and O–H groups in total. The Morgan fingerprint density at radius 1 is 1.31 bits per heavy atom. The summed E-state index contributed by atoms with van der Waals surface area (Å²) in [5.41, 5.74) is 0.949. The summed E-state index contributed by atoms with van der Waals surface area (Å²) in [6.07, 6.45) is 0. The molecule has 0 heterocycles. The van der Waals surface area contributed by atoms with Crippen LogP contribution < -0.4 is 0 Å². The quantitative estimate of drug-likeness (QED) is 0.475. The highest BCUT2D eigenvalue weighted by atomic mass is 79.9. The van der Waals surface area contributed by atoms with Crippen LogP contribution in [0.2, 0.25) is 0 Å². The molecule has 0 aliphatic carbocycles. The van der Waals surface area contributed by atoms with E-state index in [0.29, 0.717) is 9.74 Å². The topological polar surface area (TPSA) is 66.8 Å². The number of benzene rings is 1. The van der Waals surface area contributed by atoms with E-state index in [1.54, 1.807) is 12.1 Å². The Balaban J connectivity index is 3.09. The lowest BCUT2D eigenvalue weighted by molar-refractivity contribution is 0.447. The molecule has 0 amide bonds. The molecule has 0 aliphatic heterocycles. The molecule has 0 spiro atoms. The second-order valence-electron chi connectivity index (χ2n) is 3.13. The minimum absolute atomic E-state index is 0.0136. The fourth-order valence-corrected chi connectivity index (χ4v) is 2.82. The molecular weight excluding hydrogens is 296 g/mol. The number of hydrogen-bond acceptors (Lipinski definition) is 4. The normalized spacial score (nSPS) is 11.1. The first-order chi connectivity index (χ1) is 7.52. The molecule has 0 saturated carbocycles. The fourth-order valence-electron chi connectivity index (χ4n) is 1.11. The molecule has 0 aliphatic rings. The third kappa shape index (κ3) is 2.79. The monoisotopic (exact) mass is 306 g/mol. The van der Waals surface area contributed by atoms with E-state index in [0.717, 1.165) is 5.56 Å². The molecule has 0 saturated heterocycles. The summed E-state index contributed by atoms with van der Waals surface area (Å²) >= 11 is 3.06. The molecule has 0 unspecified atom stereocenters. The van der Waals surface area contributed by atoms with E-state index in [9.17, 15) is 13.3 Å². The van der Waals surface area contributed by atoms with Crippen molar-refractivity contribution < 1.29 is 8.42 Å². The van der Waals surface area contributed by atoms with Crippen molar-refractivity contribution in [2.75, 3.05) is 11.9 Å². The first kappa shape index (κ1) is 13.1. The number of sulfonamides is 1. The van der Waals surface area contributed by atoms with Crippen LogP contribution in [0.25, 0.3) is 0 Å². The van der Waals surface area contributed by atoms with Crippen molar-refractivity contribution in [3.8, 4) is 0 Å². The minimum atomic E-state index is -3.81. The van der Waals surface area contributed by atoms with E-state index in [4.69, 9.17) is 0 Å². The predicted octanol–water partition coefficient (Wildman–Crippen LogP) is 2.06. The first-order valence-corrected chi connectivity index (χ1v) is 7.07. The zero-order valence-electron chi connectivity index (χ0n) is 8.63. The summed E-state index contributed by atoms with van der Waals surface area (Å²) in [7, 11) is -3.81. The Labute approximate surface area is 103 Å². The van der Waals surface area contributed by atoms with Crippen molar-refractivity contribution in [3.05, 3.63) is 34.7 Å². The number of halogens is 1. The largest absolute Gasteiger partial charge is 0.281 e.